The van der Waals surface area contributed by atoms with Gasteiger partial charge in [0.2, 0.25) is 11.0 Å². The van der Waals surface area contributed by atoms with Crippen molar-refractivity contribution < 1.29 is 21.6 Å². The van der Waals surface area contributed by atoms with Gasteiger partial charge >= 0.3 is 0 Å². The van der Waals surface area contributed by atoms with Crippen molar-refractivity contribution in [1.82, 2.24) is 14.5 Å². The van der Waals surface area contributed by atoms with Crippen molar-refractivity contribution >= 4 is 15.7 Å². The fourth-order valence-corrected chi connectivity index (χ4v) is 5.58. The summed E-state index contributed by atoms with van der Waals surface area (Å²) >= 11 is 0. The molecule has 1 aliphatic heterocycles. The van der Waals surface area contributed by atoms with Crippen LogP contribution in [0.3, 0.4) is 0 Å². The summed E-state index contributed by atoms with van der Waals surface area (Å²) in [7, 11) is -3.82. The topological polar surface area (TPSA) is 92.7 Å². The van der Waals surface area contributed by atoms with Crippen molar-refractivity contribution in [2.75, 3.05) is 31.1 Å². The van der Waals surface area contributed by atoms with E-state index in [1.54, 1.807) is 18.2 Å². The van der Waals surface area contributed by atoms with Gasteiger partial charge in [-0.3, -0.25) is 0 Å². The molecule has 0 unspecified atom stereocenters. The predicted octanol–water partition coefficient (Wildman–Crippen LogP) is 3.64. The maximum absolute atomic E-state index is 14.0. The molecule has 2 aromatic heterocycles. The van der Waals surface area contributed by atoms with Crippen LogP contribution in [0.25, 0.3) is 11.7 Å². The fourth-order valence-electron chi connectivity index (χ4n) is 4.25. The highest BCUT2D eigenvalue weighted by atomic mass is 32.2. The molecule has 3 aromatic rings. The number of nitrogens with zero attached hydrogens (tertiary/aromatic N) is 4. The van der Waals surface area contributed by atoms with E-state index in [1.165, 1.54) is 22.5 Å². The minimum absolute atomic E-state index is 0.164. The smallest absolute Gasteiger partial charge is 0.283 e. The quantitative estimate of drug-likeness (QED) is 0.591. The van der Waals surface area contributed by atoms with Gasteiger partial charge in [-0.2, -0.15) is 4.31 Å². The van der Waals surface area contributed by atoms with E-state index < -0.39 is 10.0 Å². The Morgan fingerprint density at radius 1 is 0.935 bits per heavy atom. The minimum atomic E-state index is -3.82. The second kappa shape index (κ2) is 8.08. The summed E-state index contributed by atoms with van der Waals surface area (Å²) in [4.78, 5) is 1.85. The first-order valence-electron chi connectivity index (χ1n) is 10.5. The van der Waals surface area contributed by atoms with Crippen LogP contribution < -0.4 is 4.90 Å². The summed E-state index contributed by atoms with van der Waals surface area (Å²) in [5.74, 6) is 0.960. The lowest BCUT2D eigenvalue weighted by atomic mass is 10.1. The number of benzene rings is 1. The Hall–Kier alpha value is -2.72. The Kier molecular flexibility index (Phi) is 5.27. The molecule has 0 radical (unpaired) electrons. The lowest BCUT2D eigenvalue weighted by Crippen LogP contribution is -2.48. The number of hydrogen-bond acceptors (Lipinski definition) is 7. The van der Waals surface area contributed by atoms with Crippen LogP contribution in [0.2, 0.25) is 0 Å². The molecule has 164 valence electrons. The first-order chi connectivity index (χ1) is 15.0. The molecule has 2 fully saturated rings. The van der Waals surface area contributed by atoms with Gasteiger partial charge in [-0.05, 0) is 37.1 Å². The van der Waals surface area contributed by atoms with Crippen LogP contribution in [0.4, 0.5) is 10.1 Å². The van der Waals surface area contributed by atoms with Crippen molar-refractivity contribution in [2.24, 2.45) is 0 Å². The lowest BCUT2D eigenvalue weighted by Gasteiger charge is -2.35. The number of rotatable bonds is 5. The molecule has 1 saturated carbocycles. The zero-order valence-electron chi connectivity index (χ0n) is 16.9. The molecule has 1 aromatic carbocycles. The molecule has 0 atom stereocenters. The number of aromatic nitrogens is 2. The summed E-state index contributed by atoms with van der Waals surface area (Å²) in [6.45, 7) is 1.25. The molecule has 0 amide bonds. The second-order valence-electron chi connectivity index (χ2n) is 7.89. The Labute approximate surface area is 179 Å². The van der Waals surface area contributed by atoms with E-state index in [0.717, 1.165) is 25.7 Å². The summed E-state index contributed by atoms with van der Waals surface area (Å²) in [6.07, 6.45) is 4.35. The SMILES string of the molecule is O=S(=O)(c1ccc(-c2nnc(C3CCCC3)o2)o1)N1CCN(c2ccccc2F)CC1. The highest BCUT2D eigenvalue weighted by Gasteiger charge is 2.32. The van der Waals surface area contributed by atoms with E-state index in [4.69, 9.17) is 8.83 Å². The van der Waals surface area contributed by atoms with Crippen molar-refractivity contribution in [2.45, 2.75) is 36.7 Å². The van der Waals surface area contributed by atoms with Crippen LogP contribution in [0.1, 0.15) is 37.5 Å². The fraction of sp³-hybridized carbons (Fsp3) is 0.429. The van der Waals surface area contributed by atoms with Gasteiger partial charge in [0.1, 0.15) is 5.82 Å². The molecular weight excluding hydrogens is 423 g/mol. The largest absolute Gasteiger partial charge is 0.438 e. The number of hydrogen-bond donors (Lipinski definition) is 0. The average molecular weight is 447 g/mol. The molecular formula is C21H23FN4O4S. The monoisotopic (exact) mass is 446 g/mol. The Morgan fingerprint density at radius 3 is 2.42 bits per heavy atom. The summed E-state index contributed by atoms with van der Waals surface area (Å²) in [5, 5.41) is 7.97. The minimum Gasteiger partial charge on any atom is -0.438 e. The van der Waals surface area contributed by atoms with Crippen LogP contribution in [0.15, 0.2) is 50.3 Å². The second-order valence-corrected chi connectivity index (χ2v) is 9.76. The van der Waals surface area contributed by atoms with E-state index in [1.807, 2.05) is 4.90 Å². The molecule has 1 saturated heterocycles. The van der Waals surface area contributed by atoms with E-state index >= 15 is 0 Å². The third kappa shape index (κ3) is 3.85. The zero-order valence-corrected chi connectivity index (χ0v) is 17.7. The van der Waals surface area contributed by atoms with Gasteiger partial charge in [-0.1, -0.05) is 25.0 Å². The average Bonchev–Trinajstić information content (AvgIpc) is 3.55. The van der Waals surface area contributed by atoms with Crippen LogP contribution in [0.5, 0.6) is 0 Å². The number of sulfonamides is 1. The summed E-state index contributed by atoms with van der Waals surface area (Å²) in [5.41, 5.74) is 0.481. The van der Waals surface area contributed by atoms with E-state index in [9.17, 15) is 12.8 Å². The first-order valence-corrected chi connectivity index (χ1v) is 11.9. The lowest BCUT2D eigenvalue weighted by molar-refractivity contribution is 0.360. The molecule has 0 bridgehead atoms. The van der Waals surface area contributed by atoms with E-state index in [2.05, 4.69) is 10.2 Å². The van der Waals surface area contributed by atoms with Gasteiger partial charge in [0.15, 0.2) is 5.76 Å². The molecule has 0 N–H and O–H groups in total. The van der Waals surface area contributed by atoms with E-state index in [0.29, 0.717) is 24.7 Å². The van der Waals surface area contributed by atoms with Crippen molar-refractivity contribution in [3.8, 4) is 11.7 Å². The number of halogens is 1. The van der Waals surface area contributed by atoms with Crippen molar-refractivity contribution in [3.63, 3.8) is 0 Å². The molecule has 10 heteroatoms. The van der Waals surface area contributed by atoms with Gasteiger partial charge in [-0.15, -0.1) is 10.2 Å². The number of para-hydroxylation sites is 1. The van der Waals surface area contributed by atoms with Gasteiger partial charge in [0, 0.05) is 32.1 Å². The van der Waals surface area contributed by atoms with Gasteiger partial charge in [0.25, 0.3) is 15.9 Å². The number of furan rings is 1. The Bertz CT molecular complexity index is 1160. The summed E-state index contributed by atoms with van der Waals surface area (Å²) < 4.78 is 52.8. The summed E-state index contributed by atoms with van der Waals surface area (Å²) in [6, 6.07) is 9.44. The van der Waals surface area contributed by atoms with Crippen LogP contribution in [-0.2, 0) is 10.0 Å². The first kappa shape index (κ1) is 20.2. The molecule has 5 rings (SSSR count). The molecule has 0 spiro atoms. The van der Waals surface area contributed by atoms with Crippen LogP contribution in [0, 0.1) is 5.82 Å². The molecule has 8 nitrogen and oxygen atoms in total. The molecule has 31 heavy (non-hydrogen) atoms. The third-order valence-corrected chi connectivity index (χ3v) is 7.74. The number of piperazine rings is 1. The standard InChI is InChI=1S/C21H23FN4O4S/c22-16-7-3-4-8-17(16)25-11-13-26(14-12-25)31(27,28)19-10-9-18(29-19)21-24-23-20(30-21)15-5-1-2-6-15/h3-4,7-10,15H,1-2,5-6,11-14H2. The maximum atomic E-state index is 14.0. The van der Waals surface area contributed by atoms with Gasteiger partial charge in [0.05, 0.1) is 5.69 Å². The Balaban J connectivity index is 1.29. The highest BCUT2D eigenvalue weighted by molar-refractivity contribution is 7.89. The molecule has 3 heterocycles. The Morgan fingerprint density at radius 2 is 1.68 bits per heavy atom. The zero-order chi connectivity index (χ0) is 21.4. The number of anilines is 1. The van der Waals surface area contributed by atoms with Gasteiger partial charge < -0.3 is 13.7 Å². The molecule has 2 aliphatic rings. The van der Waals surface area contributed by atoms with Crippen molar-refractivity contribution in [1.29, 1.82) is 0 Å². The van der Waals surface area contributed by atoms with Crippen LogP contribution in [-0.4, -0.2) is 49.1 Å². The molecule has 1 aliphatic carbocycles. The van der Waals surface area contributed by atoms with Gasteiger partial charge in [-0.25, -0.2) is 12.8 Å². The normalized spacial score (nSPS) is 18.7. The van der Waals surface area contributed by atoms with E-state index in [-0.39, 0.29) is 41.6 Å². The van der Waals surface area contributed by atoms with Crippen LogP contribution >= 0.6 is 0 Å². The van der Waals surface area contributed by atoms with Crippen molar-refractivity contribution in [3.05, 3.63) is 48.1 Å². The predicted molar refractivity (Wildman–Crippen MR) is 111 cm³/mol. The highest BCUT2D eigenvalue weighted by Crippen LogP contribution is 2.35. The maximum Gasteiger partial charge on any atom is 0.283 e. The third-order valence-electron chi connectivity index (χ3n) is 5.96.